The zero-order valence-electron chi connectivity index (χ0n) is 18.2. The molecule has 0 radical (unpaired) electrons. The minimum atomic E-state index is 0.483. The van der Waals surface area contributed by atoms with Gasteiger partial charge in [0.2, 0.25) is 0 Å². The van der Waals surface area contributed by atoms with E-state index in [2.05, 4.69) is 47.8 Å². The van der Waals surface area contributed by atoms with E-state index in [4.69, 9.17) is 14.7 Å². The molecule has 2 aromatic rings. The Morgan fingerprint density at radius 3 is 2.52 bits per heavy atom. The summed E-state index contributed by atoms with van der Waals surface area (Å²) in [7, 11) is 2.20. The third-order valence-electron chi connectivity index (χ3n) is 6.27. The van der Waals surface area contributed by atoms with E-state index in [-0.39, 0.29) is 0 Å². The lowest BCUT2D eigenvalue weighted by molar-refractivity contribution is 0.0331. The molecule has 2 saturated heterocycles. The highest BCUT2D eigenvalue weighted by atomic mass is 32.1. The second-order valence-electron chi connectivity index (χ2n) is 8.41. The van der Waals surface area contributed by atoms with Crippen LogP contribution >= 0.6 is 11.3 Å². The maximum Gasteiger partial charge on any atom is 0.146 e. The molecule has 0 bridgehead atoms. The lowest BCUT2D eigenvalue weighted by Gasteiger charge is -2.36. The van der Waals surface area contributed by atoms with Gasteiger partial charge < -0.3 is 15.0 Å². The van der Waals surface area contributed by atoms with Gasteiger partial charge in [-0.05, 0) is 33.4 Å². The summed E-state index contributed by atoms with van der Waals surface area (Å²) in [6, 6.07) is 0.483. The first-order valence-corrected chi connectivity index (χ1v) is 11.6. The van der Waals surface area contributed by atoms with Crippen molar-refractivity contribution in [3.63, 3.8) is 0 Å². The van der Waals surface area contributed by atoms with Crippen LogP contribution in [0.2, 0.25) is 0 Å². The second-order valence-corrected chi connectivity index (χ2v) is 9.61. The topological polar surface area (TPSA) is 56.8 Å². The fraction of sp³-hybridized carbons (Fsp3) is 0.714. The molecule has 2 aromatic heterocycles. The zero-order chi connectivity index (χ0) is 20.4. The molecule has 4 heterocycles. The van der Waals surface area contributed by atoms with E-state index < -0.39 is 0 Å². The number of likely N-dealkylation sites (N-methyl/N-ethyl adjacent to an activating group) is 1. The van der Waals surface area contributed by atoms with Crippen LogP contribution < -0.4 is 5.32 Å². The van der Waals surface area contributed by atoms with Gasteiger partial charge in [0.25, 0.3) is 0 Å². The predicted octanol–water partition coefficient (Wildman–Crippen LogP) is 2.19. The van der Waals surface area contributed by atoms with Crippen molar-refractivity contribution in [1.29, 1.82) is 0 Å². The summed E-state index contributed by atoms with van der Waals surface area (Å²) in [5.41, 5.74) is 1.30. The molecule has 2 aliphatic heterocycles. The van der Waals surface area contributed by atoms with Gasteiger partial charge in [0.15, 0.2) is 0 Å². The summed E-state index contributed by atoms with van der Waals surface area (Å²) >= 11 is 1.78. The highest BCUT2D eigenvalue weighted by Crippen LogP contribution is 2.33. The van der Waals surface area contributed by atoms with Crippen LogP contribution in [-0.4, -0.2) is 96.8 Å². The van der Waals surface area contributed by atoms with Crippen LogP contribution in [0.25, 0.3) is 10.2 Å². The van der Waals surface area contributed by atoms with Crippen LogP contribution in [0.5, 0.6) is 0 Å². The van der Waals surface area contributed by atoms with Crippen LogP contribution in [0.4, 0.5) is 5.82 Å². The van der Waals surface area contributed by atoms with Gasteiger partial charge in [0.1, 0.15) is 16.5 Å². The third-order valence-corrected chi connectivity index (χ3v) is 7.37. The molecule has 2 aliphatic rings. The number of aryl methyl sites for hydroxylation is 2. The van der Waals surface area contributed by atoms with Gasteiger partial charge in [-0.3, -0.25) is 9.80 Å². The number of morpholine rings is 1. The van der Waals surface area contributed by atoms with Crippen molar-refractivity contribution in [3.8, 4) is 0 Å². The van der Waals surface area contributed by atoms with Crippen LogP contribution in [0.3, 0.4) is 0 Å². The first-order chi connectivity index (χ1) is 14.0. The van der Waals surface area contributed by atoms with Crippen LogP contribution in [0.1, 0.15) is 23.2 Å². The molecule has 0 amide bonds. The van der Waals surface area contributed by atoms with Crippen molar-refractivity contribution in [2.75, 3.05) is 71.4 Å². The van der Waals surface area contributed by atoms with Crippen molar-refractivity contribution in [2.45, 2.75) is 33.4 Å². The summed E-state index contributed by atoms with van der Waals surface area (Å²) in [6.07, 6.45) is 0. The number of rotatable bonds is 6. The van der Waals surface area contributed by atoms with Crippen molar-refractivity contribution in [1.82, 2.24) is 24.7 Å². The molecule has 0 aromatic carbocycles. The van der Waals surface area contributed by atoms with Gasteiger partial charge in [0.05, 0.1) is 25.1 Å². The van der Waals surface area contributed by atoms with E-state index in [1.165, 1.54) is 15.8 Å². The molecule has 0 saturated carbocycles. The molecule has 1 unspecified atom stereocenters. The SMILES string of the molecule is Cc1sc2nc(CN3CCOCC3)nc(NCC(C)N3CCN(C)CC3)c2c1C. The monoisotopic (exact) mass is 418 g/mol. The zero-order valence-corrected chi connectivity index (χ0v) is 19.0. The normalized spacial score (nSPS) is 21.0. The third kappa shape index (κ3) is 4.88. The maximum absolute atomic E-state index is 5.48. The molecule has 7 nitrogen and oxygen atoms in total. The highest BCUT2D eigenvalue weighted by molar-refractivity contribution is 7.18. The Bertz CT molecular complexity index is 826. The standard InChI is InChI=1S/C21H34N6OS/c1-15(27-7-5-25(4)6-8-27)13-22-20-19-16(2)17(3)29-21(19)24-18(23-20)14-26-9-11-28-12-10-26/h15H,5-14H2,1-4H3,(H,22,23,24). The van der Waals surface area contributed by atoms with E-state index in [0.29, 0.717) is 6.04 Å². The van der Waals surface area contributed by atoms with Crippen LogP contribution in [-0.2, 0) is 11.3 Å². The number of fused-ring (bicyclic) bond motifs is 1. The van der Waals surface area contributed by atoms with Gasteiger partial charge in [-0.25, -0.2) is 9.97 Å². The summed E-state index contributed by atoms with van der Waals surface area (Å²) in [6.45, 7) is 16.4. The van der Waals surface area contributed by atoms with Crippen LogP contribution in [0, 0.1) is 13.8 Å². The Kier molecular flexibility index (Phi) is 6.66. The molecule has 4 rings (SSSR count). The quantitative estimate of drug-likeness (QED) is 0.772. The van der Waals surface area contributed by atoms with Gasteiger partial charge in [-0.15, -0.1) is 11.3 Å². The van der Waals surface area contributed by atoms with Crippen LogP contribution in [0.15, 0.2) is 0 Å². The Labute approximate surface area is 178 Å². The molecule has 1 atom stereocenters. The molecule has 0 spiro atoms. The Hall–Kier alpha value is -1.32. The molecule has 0 aliphatic carbocycles. The minimum absolute atomic E-state index is 0.483. The summed E-state index contributed by atoms with van der Waals surface area (Å²) in [5, 5.41) is 4.88. The minimum Gasteiger partial charge on any atom is -0.379 e. The average Bonchev–Trinajstić information content (AvgIpc) is 3.01. The first-order valence-electron chi connectivity index (χ1n) is 10.7. The van der Waals surface area contributed by atoms with E-state index in [1.807, 2.05) is 0 Å². The Morgan fingerprint density at radius 1 is 1.07 bits per heavy atom. The molecule has 1 N–H and O–H groups in total. The molecule has 29 heavy (non-hydrogen) atoms. The van der Waals surface area contributed by atoms with Gasteiger partial charge in [-0.1, -0.05) is 0 Å². The van der Waals surface area contributed by atoms with E-state index in [0.717, 1.165) is 82.0 Å². The number of anilines is 1. The summed E-state index contributed by atoms with van der Waals surface area (Å²) in [5.74, 6) is 1.91. The molecule has 8 heteroatoms. The lowest BCUT2D eigenvalue weighted by Crippen LogP contribution is -2.49. The van der Waals surface area contributed by atoms with Crippen molar-refractivity contribution in [2.24, 2.45) is 0 Å². The maximum atomic E-state index is 5.48. The summed E-state index contributed by atoms with van der Waals surface area (Å²) < 4.78 is 5.48. The molecule has 2 fully saturated rings. The highest BCUT2D eigenvalue weighted by Gasteiger charge is 2.21. The average molecular weight is 419 g/mol. The fourth-order valence-electron chi connectivity index (χ4n) is 4.09. The number of ether oxygens (including phenoxy) is 1. The van der Waals surface area contributed by atoms with E-state index >= 15 is 0 Å². The van der Waals surface area contributed by atoms with Crippen molar-refractivity contribution in [3.05, 3.63) is 16.3 Å². The number of aromatic nitrogens is 2. The Morgan fingerprint density at radius 2 is 1.79 bits per heavy atom. The molecular weight excluding hydrogens is 384 g/mol. The van der Waals surface area contributed by atoms with Crippen molar-refractivity contribution < 1.29 is 4.74 Å². The largest absolute Gasteiger partial charge is 0.379 e. The second kappa shape index (κ2) is 9.22. The summed E-state index contributed by atoms with van der Waals surface area (Å²) in [4.78, 5) is 19.7. The number of hydrogen-bond donors (Lipinski definition) is 1. The first kappa shape index (κ1) is 20.9. The van der Waals surface area contributed by atoms with E-state index in [1.54, 1.807) is 11.3 Å². The molecule has 160 valence electrons. The number of piperazine rings is 1. The number of nitrogens with zero attached hydrogens (tertiary/aromatic N) is 5. The van der Waals surface area contributed by atoms with Gasteiger partial charge in [0, 0.05) is 56.7 Å². The smallest absolute Gasteiger partial charge is 0.146 e. The van der Waals surface area contributed by atoms with E-state index in [9.17, 15) is 0 Å². The number of nitrogens with one attached hydrogen (secondary N) is 1. The molecular formula is C21H34N6OS. The Balaban J connectivity index is 1.51. The number of thiophene rings is 1. The van der Waals surface area contributed by atoms with Crippen molar-refractivity contribution >= 4 is 27.4 Å². The lowest BCUT2D eigenvalue weighted by atomic mass is 10.2. The number of hydrogen-bond acceptors (Lipinski definition) is 8. The van der Waals surface area contributed by atoms with Gasteiger partial charge in [-0.2, -0.15) is 0 Å². The predicted molar refractivity (Wildman–Crippen MR) is 120 cm³/mol. The fourth-order valence-corrected chi connectivity index (χ4v) is 5.14. The van der Waals surface area contributed by atoms with Gasteiger partial charge >= 0.3 is 0 Å².